The standard InChI is InChI=1S/C16H24N2O5S/c1-2-18(8-10-24(20,21)9-7-16(17)19)11-13-12-22-14-5-3-4-6-15(14)23-13/h3-6,13H,2,7-12H2,1H3,(H2,17,19)/t13-/m0/s1. The van der Waals surface area contributed by atoms with Crippen molar-refractivity contribution in [2.75, 3.05) is 37.7 Å². The number of carbonyl (C=O) groups is 1. The number of hydrogen-bond donors (Lipinski definition) is 1. The number of benzene rings is 1. The van der Waals surface area contributed by atoms with Gasteiger partial charge in [-0.25, -0.2) is 8.42 Å². The minimum absolute atomic E-state index is 0.00170. The summed E-state index contributed by atoms with van der Waals surface area (Å²) < 4.78 is 35.4. The van der Waals surface area contributed by atoms with E-state index < -0.39 is 15.7 Å². The van der Waals surface area contributed by atoms with Crippen molar-refractivity contribution >= 4 is 15.7 Å². The molecule has 134 valence electrons. The highest BCUT2D eigenvalue weighted by atomic mass is 32.2. The van der Waals surface area contributed by atoms with Crippen molar-refractivity contribution in [2.45, 2.75) is 19.4 Å². The Morgan fingerprint density at radius 2 is 2.00 bits per heavy atom. The molecule has 2 rings (SSSR count). The van der Waals surface area contributed by atoms with Crippen LogP contribution in [0, 0.1) is 0 Å². The summed E-state index contributed by atoms with van der Waals surface area (Å²) >= 11 is 0. The predicted octanol–water partition coefficient (Wildman–Crippen LogP) is 0.439. The van der Waals surface area contributed by atoms with Crippen molar-refractivity contribution in [2.24, 2.45) is 5.73 Å². The fraction of sp³-hybridized carbons (Fsp3) is 0.562. The zero-order valence-electron chi connectivity index (χ0n) is 13.8. The van der Waals surface area contributed by atoms with Gasteiger partial charge >= 0.3 is 0 Å². The Bertz CT molecular complexity index is 662. The van der Waals surface area contributed by atoms with Gasteiger partial charge in [0, 0.05) is 19.5 Å². The Hall–Kier alpha value is -1.80. The van der Waals surface area contributed by atoms with Crippen LogP contribution in [0.15, 0.2) is 24.3 Å². The van der Waals surface area contributed by atoms with Gasteiger partial charge in [-0.15, -0.1) is 0 Å². The largest absolute Gasteiger partial charge is 0.486 e. The molecule has 1 atom stereocenters. The van der Waals surface area contributed by atoms with Crippen LogP contribution >= 0.6 is 0 Å². The van der Waals surface area contributed by atoms with Crippen LogP contribution in [0.3, 0.4) is 0 Å². The maximum absolute atomic E-state index is 11.9. The van der Waals surface area contributed by atoms with Crippen LogP contribution in [0.2, 0.25) is 0 Å². The molecule has 7 nitrogen and oxygen atoms in total. The second-order valence-corrected chi connectivity index (χ2v) is 8.06. The number of ether oxygens (including phenoxy) is 2. The summed E-state index contributed by atoms with van der Waals surface area (Å²) in [5.41, 5.74) is 5.00. The number of sulfone groups is 1. The Kier molecular flexibility index (Phi) is 6.44. The summed E-state index contributed by atoms with van der Waals surface area (Å²) in [5, 5.41) is 0. The van der Waals surface area contributed by atoms with Gasteiger partial charge in [0.25, 0.3) is 0 Å². The van der Waals surface area contributed by atoms with Crippen molar-refractivity contribution in [1.29, 1.82) is 0 Å². The highest BCUT2D eigenvalue weighted by Gasteiger charge is 2.23. The van der Waals surface area contributed by atoms with Crippen LogP contribution in [-0.4, -0.2) is 63.1 Å². The summed E-state index contributed by atoms with van der Waals surface area (Å²) in [7, 11) is -3.29. The van der Waals surface area contributed by atoms with Gasteiger partial charge in [0.2, 0.25) is 5.91 Å². The van der Waals surface area contributed by atoms with Crippen LogP contribution in [0.25, 0.3) is 0 Å². The minimum atomic E-state index is -3.29. The lowest BCUT2D eigenvalue weighted by Crippen LogP contribution is -2.42. The molecule has 8 heteroatoms. The van der Waals surface area contributed by atoms with Gasteiger partial charge in [-0.05, 0) is 18.7 Å². The highest BCUT2D eigenvalue weighted by molar-refractivity contribution is 7.91. The number of fused-ring (bicyclic) bond motifs is 1. The number of likely N-dealkylation sites (N-methyl/N-ethyl adjacent to an activating group) is 1. The van der Waals surface area contributed by atoms with Crippen molar-refractivity contribution in [1.82, 2.24) is 4.90 Å². The second-order valence-electron chi connectivity index (χ2n) is 5.76. The Morgan fingerprint density at radius 1 is 1.29 bits per heavy atom. The summed E-state index contributed by atoms with van der Waals surface area (Å²) in [5.74, 6) is 0.635. The van der Waals surface area contributed by atoms with E-state index in [9.17, 15) is 13.2 Å². The molecule has 1 aromatic rings. The molecular formula is C16H24N2O5S. The van der Waals surface area contributed by atoms with Crippen LogP contribution in [0.5, 0.6) is 11.5 Å². The van der Waals surface area contributed by atoms with Gasteiger partial charge in [0.05, 0.1) is 11.5 Å². The van der Waals surface area contributed by atoms with Crippen LogP contribution < -0.4 is 15.2 Å². The van der Waals surface area contributed by atoms with Crippen molar-refractivity contribution in [3.63, 3.8) is 0 Å². The number of hydrogen-bond acceptors (Lipinski definition) is 6. The van der Waals surface area contributed by atoms with Crippen molar-refractivity contribution in [3.05, 3.63) is 24.3 Å². The molecule has 24 heavy (non-hydrogen) atoms. The number of rotatable bonds is 9. The highest BCUT2D eigenvalue weighted by Crippen LogP contribution is 2.30. The van der Waals surface area contributed by atoms with E-state index in [2.05, 4.69) is 0 Å². The van der Waals surface area contributed by atoms with Gasteiger partial charge in [-0.1, -0.05) is 19.1 Å². The van der Waals surface area contributed by atoms with E-state index in [0.29, 0.717) is 32.0 Å². The quantitative estimate of drug-likeness (QED) is 0.689. The first-order valence-electron chi connectivity index (χ1n) is 7.99. The number of carbonyl (C=O) groups excluding carboxylic acids is 1. The third kappa shape index (κ3) is 5.68. The van der Waals surface area contributed by atoms with Crippen molar-refractivity contribution < 1.29 is 22.7 Å². The van der Waals surface area contributed by atoms with E-state index in [1.807, 2.05) is 36.1 Å². The number of para-hydroxylation sites is 2. The van der Waals surface area contributed by atoms with E-state index in [1.54, 1.807) is 0 Å². The molecule has 2 N–H and O–H groups in total. The van der Waals surface area contributed by atoms with Gasteiger partial charge in [0.1, 0.15) is 12.7 Å². The van der Waals surface area contributed by atoms with Gasteiger partial charge in [-0.3, -0.25) is 9.69 Å². The fourth-order valence-electron chi connectivity index (χ4n) is 2.45. The molecule has 0 saturated heterocycles. The molecule has 0 bridgehead atoms. The van der Waals surface area contributed by atoms with E-state index in [-0.39, 0.29) is 24.0 Å². The first-order chi connectivity index (χ1) is 11.4. The lowest BCUT2D eigenvalue weighted by molar-refractivity contribution is -0.117. The molecular weight excluding hydrogens is 332 g/mol. The SMILES string of the molecule is CCN(CCS(=O)(=O)CCC(N)=O)C[C@H]1COc2ccccc2O1. The Balaban J connectivity index is 1.83. The maximum atomic E-state index is 11.9. The molecule has 1 amide bonds. The summed E-state index contributed by atoms with van der Waals surface area (Å²) in [6.07, 6.45) is -0.279. The third-order valence-electron chi connectivity index (χ3n) is 3.85. The van der Waals surface area contributed by atoms with Gasteiger partial charge in [-0.2, -0.15) is 0 Å². The monoisotopic (exact) mass is 356 g/mol. The first-order valence-corrected chi connectivity index (χ1v) is 9.81. The first kappa shape index (κ1) is 18.5. The number of nitrogens with zero attached hydrogens (tertiary/aromatic N) is 1. The molecule has 0 unspecified atom stereocenters. The smallest absolute Gasteiger partial charge is 0.218 e. The third-order valence-corrected chi connectivity index (χ3v) is 5.49. The molecule has 0 radical (unpaired) electrons. The van der Waals surface area contributed by atoms with Crippen LogP contribution in [-0.2, 0) is 14.6 Å². The van der Waals surface area contributed by atoms with E-state index in [1.165, 1.54) is 0 Å². The van der Waals surface area contributed by atoms with E-state index >= 15 is 0 Å². The summed E-state index contributed by atoms with van der Waals surface area (Å²) in [6.45, 7) is 4.07. The fourth-order valence-corrected chi connectivity index (χ4v) is 3.70. The Labute approximate surface area is 142 Å². The van der Waals surface area contributed by atoms with Crippen LogP contribution in [0.1, 0.15) is 13.3 Å². The average Bonchev–Trinajstić information content (AvgIpc) is 2.57. The molecule has 0 fully saturated rings. The maximum Gasteiger partial charge on any atom is 0.218 e. The summed E-state index contributed by atoms with van der Waals surface area (Å²) in [4.78, 5) is 12.7. The molecule has 0 aromatic heterocycles. The number of amides is 1. The Morgan fingerprint density at radius 3 is 2.67 bits per heavy atom. The van der Waals surface area contributed by atoms with Gasteiger partial charge < -0.3 is 15.2 Å². The molecule has 0 spiro atoms. The molecule has 0 saturated carbocycles. The average molecular weight is 356 g/mol. The predicted molar refractivity (Wildman–Crippen MR) is 90.9 cm³/mol. The molecule has 1 heterocycles. The van der Waals surface area contributed by atoms with Crippen LogP contribution in [0.4, 0.5) is 0 Å². The lowest BCUT2D eigenvalue weighted by atomic mass is 10.2. The van der Waals surface area contributed by atoms with Gasteiger partial charge in [0.15, 0.2) is 21.3 Å². The number of primary amides is 1. The molecule has 1 aliphatic heterocycles. The van der Waals surface area contributed by atoms with E-state index in [0.717, 1.165) is 5.75 Å². The number of nitrogens with two attached hydrogens (primary N) is 1. The summed E-state index contributed by atoms with van der Waals surface area (Å²) in [6, 6.07) is 7.48. The molecule has 1 aromatic carbocycles. The zero-order chi connectivity index (χ0) is 17.6. The topological polar surface area (TPSA) is 98.9 Å². The minimum Gasteiger partial charge on any atom is -0.486 e. The van der Waals surface area contributed by atoms with Crippen molar-refractivity contribution in [3.8, 4) is 11.5 Å². The zero-order valence-corrected chi connectivity index (χ0v) is 14.6. The molecule has 0 aliphatic carbocycles. The lowest BCUT2D eigenvalue weighted by Gasteiger charge is -2.30. The molecule has 1 aliphatic rings. The normalized spacial score (nSPS) is 17.0. The van der Waals surface area contributed by atoms with E-state index in [4.69, 9.17) is 15.2 Å². The second kappa shape index (κ2) is 8.34.